The Hall–Kier alpha value is -1.84. The van der Waals surface area contributed by atoms with Crippen molar-refractivity contribution in [2.24, 2.45) is 23.7 Å². The third kappa shape index (κ3) is 3.19. The number of carbonyl (C=O) groups excluding carboxylic acids is 2. The number of hydrogen-bond acceptors (Lipinski definition) is 2. The lowest BCUT2D eigenvalue weighted by Gasteiger charge is -2.23. The molecule has 4 rings (SSSR count). The van der Waals surface area contributed by atoms with Crippen LogP contribution in [0, 0.1) is 23.7 Å². The van der Waals surface area contributed by atoms with Crippen LogP contribution in [0.15, 0.2) is 24.3 Å². The van der Waals surface area contributed by atoms with Gasteiger partial charge in [-0.2, -0.15) is 0 Å². The van der Waals surface area contributed by atoms with Crippen molar-refractivity contribution in [1.29, 1.82) is 0 Å². The zero-order valence-corrected chi connectivity index (χ0v) is 14.3. The summed E-state index contributed by atoms with van der Waals surface area (Å²) in [6.07, 6.45) is 6.90. The SMILES string of the molecule is CC(NC(=O)C1CC2CCC1C2)c1ccc(NC(=O)C2CC2)cc1. The maximum atomic E-state index is 12.5. The van der Waals surface area contributed by atoms with Crippen LogP contribution >= 0.6 is 0 Å². The standard InChI is InChI=1S/C20H26N2O2/c1-12(21-20(24)18-11-13-2-3-16(18)10-13)14-6-8-17(9-7-14)22-19(23)15-4-5-15/h6-9,12-13,15-16,18H,2-5,10-11H2,1H3,(H,21,24)(H,22,23). The molecule has 4 heteroatoms. The first-order valence-corrected chi connectivity index (χ1v) is 9.31. The van der Waals surface area contributed by atoms with Gasteiger partial charge in [0, 0.05) is 17.5 Å². The number of hydrogen-bond donors (Lipinski definition) is 2. The van der Waals surface area contributed by atoms with Crippen LogP contribution in [0.5, 0.6) is 0 Å². The van der Waals surface area contributed by atoms with Crippen LogP contribution in [0.2, 0.25) is 0 Å². The van der Waals surface area contributed by atoms with Crippen LogP contribution < -0.4 is 10.6 Å². The molecule has 0 radical (unpaired) electrons. The first kappa shape index (κ1) is 15.7. The van der Waals surface area contributed by atoms with E-state index in [4.69, 9.17) is 0 Å². The van der Waals surface area contributed by atoms with E-state index >= 15 is 0 Å². The summed E-state index contributed by atoms with van der Waals surface area (Å²) in [5, 5.41) is 6.13. The van der Waals surface area contributed by atoms with Gasteiger partial charge in [0.1, 0.15) is 0 Å². The number of amides is 2. The van der Waals surface area contributed by atoms with Gasteiger partial charge in [0.15, 0.2) is 0 Å². The molecule has 3 fully saturated rings. The number of carbonyl (C=O) groups is 2. The van der Waals surface area contributed by atoms with E-state index < -0.39 is 0 Å². The molecule has 24 heavy (non-hydrogen) atoms. The Morgan fingerprint density at radius 2 is 1.75 bits per heavy atom. The van der Waals surface area contributed by atoms with E-state index in [2.05, 4.69) is 10.6 Å². The Labute approximate surface area is 143 Å². The van der Waals surface area contributed by atoms with Crippen LogP contribution in [0.1, 0.15) is 57.1 Å². The number of rotatable bonds is 5. The molecule has 3 aliphatic rings. The van der Waals surface area contributed by atoms with Gasteiger partial charge in [0.25, 0.3) is 0 Å². The molecule has 0 heterocycles. The fourth-order valence-corrected chi connectivity index (χ4v) is 4.41. The lowest BCUT2D eigenvalue weighted by Crippen LogP contribution is -2.35. The zero-order valence-electron chi connectivity index (χ0n) is 14.3. The largest absolute Gasteiger partial charge is 0.349 e. The lowest BCUT2D eigenvalue weighted by atomic mass is 9.88. The number of nitrogens with one attached hydrogen (secondary N) is 2. The summed E-state index contributed by atoms with van der Waals surface area (Å²) in [5.41, 5.74) is 1.92. The third-order valence-electron chi connectivity index (χ3n) is 6.06. The molecule has 4 nitrogen and oxygen atoms in total. The second-order valence-corrected chi connectivity index (χ2v) is 7.90. The summed E-state index contributed by atoms with van der Waals surface area (Å²) in [6.45, 7) is 2.03. The fraction of sp³-hybridized carbons (Fsp3) is 0.600. The number of anilines is 1. The molecule has 128 valence electrons. The van der Waals surface area contributed by atoms with Crippen molar-refractivity contribution in [1.82, 2.24) is 5.32 Å². The molecule has 1 aromatic carbocycles. The van der Waals surface area contributed by atoms with Crippen molar-refractivity contribution in [3.8, 4) is 0 Å². The summed E-state index contributed by atoms with van der Waals surface area (Å²) in [4.78, 5) is 24.3. The van der Waals surface area contributed by atoms with Crippen LogP contribution in [-0.2, 0) is 9.59 Å². The maximum Gasteiger partial charge on any atom is 0.227 e. The average Bonchev–Trinajstić information content (AvgIpc) is 3.23. The van der Waals surface area contributed by atoms with Crippen molar-refractivity contribution in [2.75, 3.05) is 5.32 Å². The Balaban J connectivity index is 1.33. The predicted octanol–water partition coefficient (Wildman–Crippen LogP) is 3.65. The Morgan fingerprint density at radius 3 is 2.33 bits per heavy atom. The predicted molar refractivity (Wildman–Crippen MR) is 93.3 cm³/mol. The van der Waals surface area contributed by atoms with Crippen molar-refractivity contribution in [2.45, 2.75) is 51.5 Å². The van der Waals surface area contributed by atoms with E-state index in [1.54, 1.807) is 0 Å². The average molecular weight is 326 g/mol. The Bertz CT molecular complexity index is 636. The van der Waals surface area contributed by atoms with E-state index in [-0.39, 0.29) is 29.7 Å². The van der Waals surface area contributed by atoms with Gasteiger partial charge in [-0.25, -0.2) is 0 Å². The van der Waals surface area contributed by atoms with E-state index in [9.17, 15) is 9.59 Å². The minimum atomic E-state index is 0.00445. The van der Waals surface area contributed by atoms with Gasteiger partial charge in [-0.15, -0.1) is 0 Å². The van der Waals surface area contributed by atoms with Crippen molar-refractivity contribution in [3.63, 3.8) is 0 Å². The molecule has 4 unspecified atom stereocenters. The fourth-order valence-electron chi connectivity index (χ4n) is 4.41. The van der Waals surface area contributed by atoms with Crippen molar-refractivity contribution >= 4 is 17.5 Å². The summed E-state index contributed by atoms with van der Waals surface area (Å²) < 4.78 is 0. The molecular weight excluding hydrogens is 300 g/mol. The quantitative estimate of drug-likeness (QED) is 0.868. The molecule has 2 bridgehead atoms. The zero-order chi connectivity index (χ0) is 16.7. The van der Waals surface area contributed by atoms with Gasteiger partial charge >= 0.3 is 0 Å². The highest BCUT2D eigenvalue weighted by atomic mass is 16.2. The molecule has 0 aliphatic heterocycles. The smallest absolute Gasteiger partial charge is 0.227 e. The highest BCUT2D eigenvalue weighted by Gasteiger charge is 2.43. The summed E-state index contributed by atoms with van der Waals surface area (Å²) >= 11 is 0. The van der Waals surface area contributed by atoms with E-state index in [1.165, 1.54) is 19.3 Å². The van der Waals surface area contributed by atoms with Gasteiger partial charge in [0.2, 0.25) is 11.8 Å². The second-order valence-electron chi connectivity index (χ2n) is 7.90. The second kappa shape index (κ2) is 6.23. The maximum absolute atomic E-state index is 12.5. The molecule has 0 spiro atoms. The first-order chi connectivity index (χ1) is 11.6. The van der Waals surface area contributed by atoms with Gasteiger partial charge in [0.05, 0.1) is 6.04 Å². The lowest BCUT2D eigenvalue weighted by molar-refractivity contribution is -0.127. The van der Waals surface area contributed by atoms with E-state index in [0.717, 1.165) is 36.4 Å². The summed E-state index contributed by atoms with van der Waals surface area (Å²) in [5.74, 6) is 2.19. The monoisotopic (exact) mass is 326 g/mol. The molecule has 3 aliphatic carbocycles. The normalized spacial score (nSPS) is 29.3. The molecule has 2 amide bonds. The number of fused-ring (bicyclic) bond motifs is 2. The van der Waals surface area contributed by atoms with Gasteiger partial charge in [-0.05, 0) is 68.6 Å². The summed E-state index contributed by atoms with van der Waals surface area (Å²) in [7, 11) is 0. The number of benzene rings is 1. The molecule has 2 N–H and O–H groups in total. The molecule has 3 saturated carbocycles. The van der Waals surface area contributed by atoms with Gasteiger partial charge in [-0.3, -0.25) is 9.59 Å². The third-order valence-corrected chi connectivity index (χ3v) is 6.06. The van der Waals surface area contributed by atoms with Crippen LogP contribution in [0.25, 0.3) is 0 Å². The Morgan fingerprint density at radius 1 is 1.00 bits per heavy atom. The van der Waals surface area contributed by atoms with Crippen LogP contribution in [0.3, 0.4) is 0 Å². The van der Waals surface area contributed by atoms with Crippen molar-refractivity contribution in [3.05, 3.63) is 29.8 Å². The Kier molecular flexibility index (Phi) is 4.07. The molecule has 0 aromatic heterocycles. The van der Waals surface area contributed by atoms with Crippen LogP contribution in [0.4, 0.5) is 5.69 Å². The molecule has 1 aromatic rings. The van der Waals surface area contributed by atoms with Crippen molar-refractivity contribution < 1.29 is 9.59 Å². The summed E-state index contributed by atoms with van der Waals surface area (Å²) in [6, 6.07) is 7.85. The highest BCUT2D eigenvalue weighted by molar-refractivity contribution is 5.94. The minimum Gasteiger partial charge on any atom is -0.349 e. The molecule has 4 atom stereocenters. The van der Waals surface area contributed by atoms with E-state index in [0.29, 0.717) is 5.92 Å². The van der Waals surface area contributed by atoms with Crippen LogP contribution in [-0.4, -0.2) is 11.8 Å². The first-order valence-electron chi connectivity index (χ1n) is 9.31. The van der Waals surface area contributed by atoms with E-state index in [1.807, 2.05) is 31.2 Å². The topological polar surface area (TPSA) is 58.2 Å². The molecule has 0 saturated heterocycles. The highest BCUT2D eigenvalue weighted by Crippen LogP contribution is 2.48. The van der Waals surface area contributed by atoms with Gasteiger partial charge in [-0.1, -0.05) is 18.6 Å². The van der Waals surface area contributed by atoms with Gasteiger partial charge < -0.3 is 10.6 Å². The molecular formula is C20H26N2O2. The minimum absolute atomic E-state index is 0.00445.